The van der Waals surface area contributed by atoms with Crippen LogP contribution in [0.25, 0.3) is 22.2 Å². The van der Waals surface area contributed by atoms with Gasteiger partial charge in [0.05, 0.1) is 11.2 Å². The van der Waals surface area contributed by atoms with E-state index in [1.165, 1.54) is 0 Å². The number of phenols is 1. The van der Waals surface area contributed by atoms with Gasteiger partial charge in [0.2, 0.25) is 0 Å². The summed E-state index contributed by atoms with van der Waals surface area (Å²) >= 11 is 0. The van der Waals surface area contributed by atoms with Gasteiger partial charge in [-0.2, -0.15) is 10.2 Å². The molecular weight excluding hydrogens is 358 g/mol. The Kier molecular flexibility index (Phi) is 4.23. The van der Waals surface area contributed by atoms with E-state index in [-0.39, 0.29) is 11.4 Å². The van der Waals surface area contributed by atoms with E-state index in [0.717, 1.165) is 11.4 Å². The van der Waals surface area contributed by atoms with Crippen LogP contribution in [0.3, 0.4) is 0 Å². The number of aryl methyl sites for hydroxylation is 2. The lowest BCUT2D eigenvalue weighted by Crippen LogP contribution is -2.01. The van der Waals surface area contributed by atoms with Crippen LogP contribution in [0.15, 0.2) is 42.5 Å². The van der Waals surface area contributed by atoms with E-state index >= 15 is 0 Å². The quantitative estimate of drug-likeness (QED) is 0.424. The van der Waals surface area contributed by atoms with Crippen LogP contribution in [0.1, 0.15) is 21.7 Å². The summed E-state index contributed by atoms with van der Waals surface area (Å²) in [6.45, 7) is 2.33. The molecular formula is C20H19N5O3. The van der Waals surface area contributed by atoms with Crippen molar-refractivity contribution >= 4 is 22.6 Å². The monoisotopic (exact) mass is 377 g/mol. The van der Waals surface area contributed by atoms with Gasteiger partial charge >= 0.3 is 5.97 Å². The Balaban J connectivity index is 1.60. The Bertz CT molecular complexity index is 1170. The summed E-state index contributed by atoms with van der Waals surface area (Å²) in [4.78, 5) is 11.3. The molecule has 28 heavy (non-hydrogen) atoms. The Morgan fingerprint density at radius 2 is 2.07 bits per heavy atom. The molecule has 0 atom stereocenters. The largest absolute Gasteiger partial charge is 0.507 e. The van der Waals surface area contributed by atoms with Gasteiger partial charge in [-0.25, -0.2) is 4.79 Å². The molecule has 4 aromatic rings. The highest BCUT2D eigenvalue weighted by Crippen LogP contribution is 2.32. The average Bonchev–Trinajstić information content (AvgIpc) is 3.24. The van der Waals surface area contributed by atoms with Gasteiger partial charge in [0, 0.05) is 41.5 Å². The molecule has 142 valence electrons. The number of carbonyl (C=O) groups is 1. The van der Waals surface area contributed by atoms with Crippen LogP contribution < -0.4 is 5.32 Å². The predicted molar refractivity (Wildman–Crippen MR) is 105 cm³/mol. The van der Waals surface area contributed by atoms with Crippen molar-refractivity contribution in [3.05, 3.63) is 59.4 Å². The summed E-state index contributed by atoms with van der Waals surface area (Å²) in [5.74, 6) is -0.914. The van der Waals surface area contributed by atoms with E-state index in [9.17, 15) is 15.0 Å². The zero-order valence-electron chi connectivity index (χ0n) is 15.4. The third-order valence-corrected chi connectivity index (χ3v) is 4.76. The van der Waals surface area contributed by atoms with Gasteiger partial charge < -0.3 is 15.5 Å². The number of aromatic carboxylic acids is 1. The van der Waals surface area contributed by atoms with Crippen molar-refractivity contribution in [2.24, 2.45) is 7.05 Å². The maximum atomic E-state index is 11.3. The Morgan fingerprint density at radius 3 is 2.79 bits per heavy atom. The van der Waals surface area contributed by atoms with Gasteiger partial charge in [0.25, 0.3) is 0 Å². The van der Waals surface area contributed by atoms with E-state index in [1.54, 1.807) is 16.8 Å². The molecule has 0 fully saturated rings. The standard InChI is InChI=1S/C20H19N5O3/c1-11-8-17(24-25(11)2)14-5-3-4-12(19(14)26)10-21-13-6-7-16-15(9-13)18(20(27)28)23-22-16/h3-9,21,26H,10H2,1-2H3,(H,22,23)(H,27,28). The zero-order chi connectivity index (χ0) is 19.8. The molecule has 0 aliphatic rings. The van der Waals surface area contributed by atoms with Crippen molar-refractivity contribution in [2.45, 2.75) is 13.5 Å². The number of fused-ring (bicyclic) bond motifs is 1. The summed E-state index contributed by atoms with van der Waals surface area (Å²) in [6.07, 6.45) is 0. The van der Waals surface area contributed by atoms with E-state index < -0.39 is 5.97 Å². The van der Waals surface area contributed by atoms with Gasteiger partial charge in [0.15, 0.2) is 5.69 Å². The lowest BCUT2D eigenvalue weighted by Gasteiger charge is -2.11. The van der Waals surface area contributed by atoms with E-state index in [1.807, 2.05) is 44.3 Å². The number of aromatic nitrogens is 4. The van der Waals surface area contributed by atoms with Crippen LogP contribution in [0.2, 0.25) is 0 Å². The summed E-state index contributed by atoms with van der Waals surface area (Å²) < 4.78 is 1.76. The molecule has 0 bridgehead atoms. The van der Waals surface area contributed by atoms with Crippen molar-refractivity contribution in [2.75, 3.05) is 5.32 Å². The first-order valence-electron chi connectivity index (χ1n) is 8.71. The second-order valence-electron chi connectivity index (χ2n) is 6.60. The van der Waals surface area contributed by atoms with Crippen LogP contribution in [0.5, 0.6) is 5.75 Å². The SMILES string of the molecule is Cc1cc(-c2cccc(CNc3ccc4[nH]nc(C(=O)O)c4c3)c2O)nn1C. The number of hydrogen-bond acceptors (Lipinski definition) is 5. The number of anilines is 1. The Morgan fingerprint density at radius 1 is 1.25 bits per heavy atom. The van der Waals surface area contributed by atoms with Gasteiger partial charge in [-0.1, -0.05) is 12.1 Å². The van der Waals surface area contributed by atoms with Crippen LogP contribution in [-0.4, -0.2) is 36.2 Å². The molecule has 4 N–H and O–H groups in total. The first kappa shape index (κ1) is 17.6. The van der Waals surface area contributed by atoms with Crippen molar-refractivity contribution in [1.29, 1.82) is 0 Å². The fourth-order valence-electron chi connectivity index (χ4n) is 3.12. The number of aromatic amines is 1. The van der Waals surface area contributed by atoms with Gasteiger partial charge in [-0.15, -0.1) is 0 Å². The first-order chi connectivity index (χ1) is 13.4. The lowest BCUT2D eigenvalue weighted by atomic mass is 10.1. The summed E-state index contributed by atoms with van der Waals surface area (Å²) in [5, 5.41) is 34.6. The lowest BCUT2D eigenvalue weighted by molar-refractivity contribution is 0.0692. The minimum absolute atomic E-state index is 0.0194. The molecule has 0 saturated carbocycles. The topological polar surface area (TPSA) is 116 Å². The smallest absolute Gasteiger partial charge is 0.357 e. The molecule has 0 unspecified atom stereocenters. The molecule has 0 aliphatic carbocycles. The van der Waals surface area contributed by atoms with Gasteiger partial charge in [-0.3, -0.25) is 9.78 Å². The number of nitrogens with zero attached hydrogens (tertiary/aromatic N) is 3. The van der Waals surface area contributed by atoms with Crippen molar-refractivity contribution in [3.8, 4) is 17.0 Å². The number of carboxylic acid groups (broad SMARTS) is 1. The number of benzene rings is 2. The zero-order valence-corrected chi connectivity index (χ0v) is 15.4. The molecule has 2 aromatic carbocycles. The highest BCUT2D eigenvalue weighted by Gasteiger charge is 2.14. The average molecular weight is 377 g/mol. The van der Waals surface area contributed by atoms with E-state index in [2.05, 4.69) is 20.6 Å². The molecule has 8 heteroatoms. The van der Waals surface area contributed by atoms with Crippen LogP contribution in [0.4, 0.5) is 5.69 Å². The molecule has 0 saturated heterocycles. The molecule has 0 radical (unpaired) electrons. The maximum Gasteiger partial charge on any atom is 0.357 e. The summed E-state index contributed by atoms with van der Waals surface area (Å²) in [5.41, 5.74) is 4.46. The van der Waals surface area contributed by atoms with Crippen molar-refractivity contribution in [3.63, 3.8) is 0 Å². The molecule has 8 nitrogen and oxygen atoms in total. The number of aromatic hydroxyl groups is 1. The molecule has 0 amide bonds. The third kappa shape index (κ3) is 3.05. The number of para-hydroxylation sites is 1. The second-order valence-corrected chi connectivity index (χ2v) is 6.60. The molecule has 0 aliphatic heterocycles. The van der Waals surface area contributed by atoms with Crippen molar-refractivity contribution < 1.29 is 15.0 Å². The Hall–Kier alpha value is -3.81. The summed E-state index contributed by atoms with van der Waals surface area (Å²) in [6, 6.07) is 12.8. The number of phenolic OH excluding ortho intramolecular Hbond substituents is 1. The fourth-order valence-corrected chi connectivity index (χ4v) is 3.12. The van der Waals surface area contributed by atoms with Gasteiger partial charge in [0.1, 0.15) is 5.75 Å². The van der Waals surface area contributed by atoms with Crippen LogP contribution in [-0.2, 0) is 13.6 Å². The maximum absolute atomic E-state index is 11.3. The molecule has 0 spiro atoms. The molecule has 2 heterocycles. The normalized spacial score (nSPS) is 11.1. The first-order valence-corrected chi connectivity index (χ1v) is 8.71. The minimum atomic E-state index is -1.08. The predicted octanol–water partition coefficient (Wildman–Crippen LogP) is 3.29. The summed E-state index contributed by atoms with van der Waals surface area (Å²) in [7, 11) is 1.86. The van der Waals surface area contributed by atoms with E-state index in [0.29, 0.717) is 34.3 Å². The number of hydrogen-bond donors (Lipinski definition) is 4. The highest BCUT2D eigenvalue weighted by molar-refractivity contribution is 6.01. The molecule has 4 rings (SSSR count). The number of nitrogens with one attached hydrogen (secondary N) is 2. The number of carboxylic acids is 1. The third-order valence-electron chi connectivity index (χ3n) is 4.76. The number of H-pyrrole nitrogens is 1. The van der Waals surface area contributed by atoms with Crippen LogP contribution in [0, 0.1) is 6.92 Å². The minimum Gasteiger partial charge on any atom is -0.507 e. The Labute approximate surface area is 160 Å². The van der Waals surface area contributed by atoms with Crippen molar-refractivity contribution in [1.82, 2.24) is 20.0 Å². The number of rotatable bonds is 5. The van der Waals surface area contributed by atoms with E-state index in [4.69, 9.17) is 0 Å². The highest BCUT2D eigenvalue weighted by atomic mass is 16.4. The fraction of sp³-hybridized carbons (Fsp3) is 0.150. The van der Waals surface area contributed by atoms with Crippen LogP contribution >= 0.6 is 0 Å². The van der Waals surface area contributed by atoms with Gasteiger partial charge in [-0.05, 0) is 37.3 Å². The second kappa shape index (κ2) is 6.73. The molecule has 2 aromatic heterocycles.